The topological polar surface area (TPSA) is 12.0 Å². The van der Waals surface area contributed by atoms with E-state index in [0.717, 1.165) is 11.3 Å². The van der Waals surface area contributed by atoms with Crippen molar-refractivity contribution >= 4 is 5.69 Å². The second-order valence-electron chi connectivity index (χ2n) is 4.80. The van der Waals surface area contributed by atoms with Crippen LogP contribution in [0.25, 0.3) is 0 Å². The molecule has 0 atom stereocenters. The minimum absolute atomic E-state index is 0.0704. The molecule has 0 bridgehead atoms. The number of hydrogen-bond acceptors (Lipinski definition) is 1. The van der Waals surface area contributed by atoms with Gasteiger partial charge in [-0.25, -0.2) is 8.78 Å². The molecule has 100 valence electrons. The van der Waals surface area contributed by atoms with E-state index in [1.54, 1.807) is 0 Å². The minimum Gasteiger partial charge on any atom is -0.381 e. The fraction of sp³-hybridized carbons (Fsp3) is 0.250. The zero-order chi connectivity index (χ0) is 13.8. The molecule has 2 aromatic rings. The van der Waals surface area contributed by atoms with Crippen LogP contribution in [0, 0.1) is 11.6 Å². The molecule has 1 N–H and O–H groups in total. The highest BCUT2D eigenvalue weighted by molar-refractivity contribution is 5.52. The van der Waals surface area contributed by atoms with Crippen molar-refractivity contribution in [3.63, 3.8) is 0 Å². The zero-order valence-corrected chi connectivity index (χ0v) is 11.1. The molecule has 2 rings (SSSR count). The van der Waals surface area contributed by atoms with Crippen LogP contribution in [0.3, 0.4) is 0 Å². The van der Waals surface area contributed by atoms with E-state index in [2.05, 4.69) is 19.2 Å². The van der Waals surface area contributed by atoms with Gasteiger partial charge in [0.2, 0.25) is 0 Å². The van der Waals surface area contributed by atoms with Gasteiger partial charge >= 0.3 is 0 Å². The van der Waals surface area contributed by atoms with Crippen LogP contribution in [0.5, 0.6) is 0 Å². The average Bonchev–Trinajstić information content (AvgIpc) is 2.38. The lowest BCUT2D eigenvalue weighted by atomic mass is 10.0. The van der Waals surface area contributed by atoms with Crippen LogP contribution in [0.15, 0.2) is 42.5 Å². The highest BCUT2D eigenvalue weighted by Crippen LogP contribution is 2.24. The summed E-state index contributed by atoms with van der Waals surface area (Å²) in [6.07, 6.45) is 0. The third kappa shape index (κ3) is 3.11. The lowest BCUT2D eigenvalue weighted by Gasteiger charge is -2.15. The van der Waals surface area contributed by atoms with E-state index in [1.165, 1.54) is 18.2 Å². The summed E-state index contributed by atoms with van der Waals surface area (Å²) in [6, 6.07) is 11.7. The van der Waals surface area contributed by atoms with Crippen molar-refractivity contribution in [3.8, 4) is 0 Å². The summed E-state index contributed by atoms with van der Waals surface area (Å²) in [5.41, 5.74) is 2.13. The molecule has 0 amide bonds. The highest BCUT2D eigenvalue weighted by atomic mass is 19.1. The fourth-order valence-electron chi connectivity index (χ4n) is 2.05. The lowest BCUT2D eigenvalue weighted by Crippen LogP contribution is -2.06. The Balaban J connectivity index is 2.19. The molecule has 0 aliphatic heterocycles. The third-order valence-corrected chi connectivity index (χ3v) is 3.10. The number of halogens is 2. The number of para-hydroxylation sites is 1. The van der Waals surface area contributed by atoms with Gasteiger partial charge in [0.25, 0.3) is 0 Å². The maximum Gasteiger partial charge on any atom is 0.131 e. The first-order valence-corrected chi connectivity index (χ1v) is 6.35. The van der Waals surface area contributed by atoms with Crippen molar-refractivity contribution in [1.29, 1.82) is 0 Å². The summed E-state index contributed by atoms with van der Waals surface area (Å²) in [7, 11) is 0. The molecule has 3 heteroatoms. The number of rotatable bonds is 4. The summed E-state index contributed by atoms with van der Waals surface area (Å²) in [6.45, 7) is 4.32. The van der Waals surface area contributed by atoms with Crippen LogP contribution in [-0.4, -0.2) is 0 Å². The number of anilines is 1. The second-order valence-corrected chi connectivity index (χ2v) is 4.80. The van der Waals surface area contributed by atoms with Crippen LogP contribution in [-0.2, 0) is 6.54 Å². The average molecular weight is 261 g/mol. The maximum absolute atomic E-state index is 13.5. The van der Waals surface area contributed by atoms with E-state index >= 15 is 0 Å². The van der Waals surface area contributed by atoms with Gasteiger partial charge in [-0.2, -0.15) is 0 Å². The quantitative estimate of drug-likeness (QED) is 0.841. The van der Waals surface area contributed by atoms with Gasteiger partial charge < -0.3 is 5.32 Å². The molecule has 0 aliphatic carbocycles. The van der Waals surface area contributed by atoms with Gasteiger partial charge in [0, 0.05) is 17.8 Å². The predicted octanol–water partition coefficient (Wildman–Crippen LogP) is 4.70. The van der Waals surface area contributed by atoms with E-state index in [-0.39, 0.29) is 12.1 Å². The van der Waals surface area contributed by atoms with Crippen molar-refractivity contribution in [1.82, 2.24) is 0 Å². The standard InChI is InChI=1S/C16H17F2N/c1-11(2)12-6-3-4-9-16(12)19-10-13-14(17)7-5-8-15(13)18/h3-9,11,19H,10H2,1-2H3. The Morgan fingerprint density at radius 2 is 1.58 bits per heavy atom. The lowest BCUT2D eigenvalue weighted by molar-refractivity contribution is 0.560. The normalized spacial score (nSPS) is 10.8. The number of benzene rings is 2. The van der Waals surface area contributed by atoms with Crippen LogP contribution in [0.2, 0.25) is 0 Å². The van der Waals surface area contributed by atoms with Gasteiger partial charge in [0.1, 0.15) is 11.6 Å². The third-order valence-electron chi connectivity index (χ3n) is 3.10. The summed E-state index contributed by atoms with van der Waals surface area (Å²) < 4.78 is 27.1. The Kier molecular flexibility index (Phi) is 4.15. The van der Waals surface area contributed by atoms with Crippen molar-refractivity contribution in [2.75, 3.05) is 5.32 Å². The first-order chi connectivity index (χ1) is 9.09. The van der Waals surface area contributed by atoms with Gasteiger partial charge in [-0.05, 0) is 29.7 Å². The molecule has 0 saturated heterocycles. The zero-order valence-electron chi connectivity index (χ0n) is 11.1. The molecule has 0 aliphatic rings. The van der Waals surface area contributed by atoms with Gasteiger partial charge in [-0.15, -0.1) is 0 Å². The molecular formula is C16H17F2N. The van der Waals surface area contributed by atoms with Gasteiger partial charge in [0.15, 0.2) is 0 Å². The Morgan fingerprint density at radius 1 is 0.947 bits per heavy atom. The molecule has 0 spiro atoms. The maximum atomic E-state index is 13.5. The van der Waals surface area contributed by atoms with Crippen LogP contribution in [0.4, 0.5) is 14.5 Å². The molecule has 1 nitrogen and oxygen atoms in total. The molecule has 0 heterocycles. The number of nitrogens with one attached hydrogen (secondary N) is 1. The molecule has 0 radical (unpaired) electrons. The monoisotopic (exact) mass is 261 g/mol. The summed E-state index contributed by atoms with van der Waals surface area (Å²) >= 11 is 0. The van der Waals surface area contributed by atoms with E-state index in [0.29, 0.717) is 5.92 Å². The molecule has 0 fully saturated rings. The van der Waals surface area contributed by atoms with Gasteiger partial charge in [0.05, 0.1) is 0 Å². The number of hydrogen-bond donors (Lipinski definition) is 1. The summed E-state index contributed by atoms with van der Waals surface area (Å²) in [5.74, 6) is -0.682. The smallest absolute Gasteiger partial charge is 0.131 e. The van der Waals surface area contributed by atoms with Crippen molar-refractivity contribution in [3.05, 3.63) is 65.2 Å². The predicted molar refractivity (Wildman–Crippen MR) is 74.2 cm³/mol. The largest absolute Gasteiger partial charge is 0.381 e. The fourth-order valence-corrected chi connectivity index (χ4v) is 2.05. The molecule has 19 heavy (non-hydrogen) atoms. The second kappa shape index (κ2) is 5.83. The summed E-state index contributed by atoms with van der Waals surface area (Å²) in [5, 5.41) is 3.11. The SMILES string of the molecule is CC(C)c1ccccc1NCc1c(F)cccc1F. The van der Waals surface area contributed by atoms with Crippen LogP contribution < -0.4 is 5.32 Å². The van der Waals surface area contributed by atoms with Gasteiger partial charge in [-0.1, -0.05) is 38.1 Å². The first kappa shape index (κ1) is 13.5. The molecule has 2 aromatic carbocycles. The van der Waals surface area contributed by atoms with E-state index in [4.69, 9.17) is 0 Å². The van der Waals surface area contributed by atoms with E-state index in [9.17, 15) is 8.78 Å². The molecule has 0 unspecified atom stereocenters. The minimum atomic E-state index is -0.519. The molecular weight excluding hydrogens is 244 g/mol. The van der Waals surface area contributed by atoms with Crippen LogP contribution in [0.1, 0.15) is 30.9 Å². The van der Waals surface area contributed by atoms with E-state index in [1.807, 2.05) is 24.3 Å². The van der Waals surface area contributed by atoms with Crippen LogP contribution >= 0.6 is 0 Å². The Bertz CT molecular complexity index is 544. The van der Waals surface area contributed by atoms with Crippen molar-refractivity contribution < 1.29 is 8.78 Å². The summed E-state index contributed by atoms with van der Waals surface area (Å²) in [4.78, 5) is 0. The Hall–Kier alpha value is -1.90. The molecule has 0 aromatic heterocycles. The Labute approximate surface area is 112 Å². The Morgan fingerprint density at radius 3 is 2.21 bits per heavy atom. The molecule has 0 saturated carbocycles. The van der Waals surface area contributed by atoms with Crippen molar-refractivity contribution in [2.45, 2.75) is 26.3 Å². The van der Waals surface area contributed by atoms with Crippen molar-refractivity contribution in [2.24, 2.45) is 0 Å². The van der Waals surface area contributed by atoms with E-state index < -0.39 is 11.6 Å². The highest BCUT2D eigenvalue weighted by Gasteiger charge is 2.10. The van der Waals surface area contributed by atoms with Gasteiger partial charge in [-0.3, -0.25) is 0 Å². The first-order valence-electron chi connectivity index (χ1n) is 6.35.